The lowest BCUT2D eigenvalue weighted by molar-refractivity contribution is -0.160. The minimum Gasteiger partial charge on any atom is -0.409 e. The molecule has 1 unspecified atom stereocenters. The Bertz CT molecular complexity index is 293. The predicted octanol–water partition coefficient (Wildman–Crippen LogP) is 1.02. The molecule has 106 valence electrons. The van der Waals surface area contributed by atoms with Crippen molar-refractivity contribution in [3.8, 4) is 0 Å². The molecule has 18 heavy (non-hydrogen) atoms. The number of rotatable bonds is 7. The van der Waals surface area contributed by atoms with E-state index in [2.05, 4.69) is 5.16 Å². The smallest absolute Gasteiger partial charge is 0.400 e. The third-order valence-corrected chi connectivity index (χ3v) is 2.93. The Morgan fingerprint density at radius 3 is 2.56 bits per heavy atom. The van der Waals surface area contributed by atoms with Crippen molar-refractivity contribution in [3.05, 3.63) is 0 Å². The highest BCUT2D eigenvalue weighted by Crippen LogP contribution is 2.32. The lowest BCUT2D eigenvalue weighted by atomic mass is 10.1. The molecule has 0 bridgehead atoms. The monoisotopic (exact) mass is 269 g/mol. The Morgan fingerprint density at radius 1 is 1.56 bits per heavy atom. The van der Waals surface area contributed by atoms with E-state index in [0.717, 1.165) is 12.8 Å². The molecular weight excluding hydrogens is 251 g/mol. The molecule has 0 aliphatic heterocycles. The van der Waals surface area contributed by atoms with Crippen LogP contribution in [0.3, 0.4) is 0 Å². The molecule has 0 spiro atoms. The van der Waals surface area contributed by atoms with Gasteiger partial charge in [-0.15, -0.1) is 0 Å². The van der Waals surface area contributed by atoms with Crippen molar-refractivity contribution in [2.24, 2.45) is 16.8 Å². The van der Waals surface area contributed by atoms with Crippen molar-refractivity contribution in [1.82, 2.24) is 4.90 Å². The first-order valence-corrected chi connectivity index (χ1v) is 5.67. The minimum atomic E-state index is -4.52. The van der Waals surface area contributed by atoms with Gasteiger partial charge in [-0.05, 0) is 12.8 Å². The average molecular weight is 269 g/mol. The molecule has 1 atom stereocenters. The second-order valence-corrected chi connectivity index (χ2v) is 4.34. The van der Waals surface area contributed by atoms with E-state index in [0.29, 0.717) is 13.2 Å². The van der Waals surface area contributed by atoms with E-state index < -0.39 is 17.9 Å². The summed E-state index contributed by atoms with van der Waals surface area (Å²) in [7, 11) is 1.50. The second-order valence-electron chi connectivity index (χ2n) is 4.34. The summed E-state index contributed by atoms with van der Waals surface area (Å²) in [6.07, 6.45) is -2.76. The van der Waals surface area contributed by atoms with Crippen molar-refractivity contribution in [2.75, 3.05) is 26.8 Å². The predicted molar refractivity (Wildman–Crippen MR) is 59.4 cm³/mol. The molecular formula is C10H18F3N3O2. The molecule has 1 aliphatic carbocycles. The standard InChI is InChI=1S/C10H18F3N3O2/c1-18-5-4-16(7-2-3-7)6-8(9(14)15-17)10(11,12)13/h7-8,17H,2-6H2,1H3,(H2,14,15). The van der Waals surface area contributed by atoms with E-state index in [1.54, 1.807) is 4.90 Å². The number of ether oxygens (including phenoxy) is 1. The summed E-state index contributed by atoms with van der Waals surface area (Å²) in [5.74, 6) is -2.74. The van der Waals surface area contributed by atoms with E-state index in [9.17, 15) is 13.2 Å². The van der Waals surface area contributed by atoms with Crippen molar-refractivity contribution < 1.29 is 23.1 Å². The van der Waals surface area contributed by atoms with Crippen LogP contribution >= 0.6 is 0 Å². The zero-order valence-corrected chi connectivity index (χ0v) is 10.2. The van der Waals surface area contributed by atoms with E-state index in [4.69, 9.17) is 15.7 Å². The molecule has 0 saturated heterocycles. The Balaban J connectivity index is 2.67. The molecule has 1 aliphatic rings. The summed E-state index contributed by atoms with van der Waals surface area (Å²) >= 11 is 0. The molecule has 1 saturated carbocycles. The van der Waals surface area contributed by atoms with E-state index >= 15 is 0 Å². The Labute approximate surface area is 103 Å². The van der Waals surface area contributed by atoms with E-state index in [-0.39, 0.29) is 12.6 Å². The number of nitrogens with zero attached hydrogens (tertiary/aromatic N) is 2. The second kappa shape index (κ2) is 6.24. The lowest BCUT2D eigenvalue weighted by Crippen LogP contribution is -2.46. The van der Waals surface area contributed by atoms with E-state index in [1.807, 2.05) is 0 Å². The van der Waals surface area contributed by atoms with Gasteiger partial charge in [-0.2, -0.15) is 13.2 Å². The molecule has 0 aromatic heterocycles. The zero-order chi connectivity index (χ0) is 13.8. The van der Waals surface area contributed by atoms with Gasteiger partial charge in [-0.25, -0.2) is 0 Å². The number of hydrogen-bond acceptors (Lipinski definition) is 4. The third-order valence-electron chi connectivity index (χ3n) is 2.93. The summed E-state index contributed by atoms with van der Waals surface area (Å²) in [6, 6.07) is 0.150. The number of halogens is 3. The summed E-state index contributed by atoms with van der Waals surface area (Å²) < 4.78 is 43.3. The zero-order valence-electron chi connectivity index (χ0n) is 10.2. The normalized spacial score (nSPS) is 19.3. The van der Waals surface area contributed by atoms with Crippen LogP contribution in [0.15, 0.2) is 5.16 Å². The van der Waals surface area contributed by atoms with Crippen LogP contribution < -0.4 is 5.73 Å². The molecule has 0 aromatic carbocycles. The van der Waals surface area contributed by atoms with Gasteiger partial charge in [0.1, 0.15) is 5.92 Å². The fraction of sp³-hybridized carbons (Fsp3) is 0.900. The summed E-state index contributed by atoms with van der Waals surface area (Å²) in [5.41, 5.74) is 5.12. The van der Waals surface area contributed by atoms with Crippen LogP contribution in [0.5, 0.6) is 0 Å². The largest absolute Gasteiger partial charge is 0.409 e. The first kappa shape index (κ1) is 15.0. The molecule has 0 heterocycles. The van der Waals surface area contributed by atoms with Crippen LogP contribution in [0.25, 0.3) is 0 Å². The van der Waals surface area contributed by atoms with Gasteiger partial charge >= 0.3 is 6.18 Å². The summed E-state index contributed by atoms with van der Waals surface area (Å²) in [4.78, 5) is 1.68. The Kier molecular flexibility index (Phi) is 5.21. The maximum Gasteiger partial charge on any atom is 0.400 e. The Morgan fingerprint density at radius 2 is 2.17 bits per heavy atom. The van der Waals surface area contributed by atoms with Crippen LogP contribution in [0.2, 0.25) is 0 Å². The van der Waals surface area contributed by atoms with Gasteiger partial charge in [0, 0.05) is 26.2 Å². The quantitative estimate of drug-likeness (QED) is 0.313. The summed E-state index contributed by atoms with van der Waals surface area (Å²) in [5, 5.41) is 10.9. The molecule has 1 fully saturated rings. The number of hydrogen-bond donors (Lipinski definition) is 2. The number of methoxy groups -OCH3 is 1. The third kappa shape index (κ3) is 4.34. The molecule has 0 amide bonds. The molecule has 0 aromatic rings. The van der Waals surface area contributed by atoms with Crippen LogP contribution in [0.1, 0.15) is 12.8 Å². The van der Waals surface area contributed by atoms with Crippen LogP contribution in [-0.4, -0.2) is 55.0 Å². The topological polar surface area (TPSA) is 71.1 Å². The van der Waals surface area contributed by atoms with E-state index in [1.165, 1.54) is 7.11 Å². The van der Waals surface area contributed by atoms with Gasteiger partial charge in [-0.1, -0.05) is 5.16 Å². The van der Waals surface area contributed by atoms with Gasteiger partial charge < -0.3 is 15.7 Å². The van der Waals surface area contributed by atoms with Crippen LogP contribution in [-0.2, 0) is 4.74 Å². The number of nitrogens with two attached hydrogens (primary N) is 1. The van der Waals surface area contributed by atoms with Crippen molar-refractivity contribution in [2.45, 2.75) is 25.1 Å². The first-order valence-electron chi connectivity index (χ1n) is 5.67. The average Bonchev–Trinajstić information content (AvgIpc) is 3.11. The van der Waals surface area contributed by atoms with Crippen molar-refractivity contribution in [3.63, 3.8) is 0 Å². The van der Waals surface area contributed by atoms with Gasteiger partial charge in [0.25, 0.3) is 0 Å². The van der Waals surface area contributed by atoms with Gasteiger partial charge in [0.2, 0.25) is 0 Å². The maximum absolute atomic E-state index is 12.8. The fourth-order valence-electron chi connectivity index (χ4n) is 1.74. The number of alkyl halides is 3. The van der Waals surface area contributed by atoms with Crippen molar-refractivity contribution in [1.29, 1.82) is 0 Å². The first-order chi connectivity index (χ1) is 8.40. The molecule has 1 rings (SSSR count). The fourth-order valence-corrected chi connectivity index (χ4v) is 1.74. The van der Waals surface area contributed by atoms with Gasteiger partial charge in [0.15, 0.2) is 5.84 Å². The number of amidine groups is 1. The van der Waals surface area contributed by atoms with Crippen LogP contribution in [0.4, 0.5) is 13.2 Å². The SMILES string of the molecule is COCCN(CC(C(N)=NO)C(F)(F)F)C1CC1. The molecule has 8 heteroatoms. The molecule has 0 radical (unpaired) electrons. The summed E-state index contributed by atoms with van der Waals surface area (Å²) in [6.45, 7) is 0.469. The molecule has 3 N–H and O–H groups in total. The van der Waals surface area contributed by atoms with Gasteiger partial charge in [-0.3, -0.25) is 4.90 Å². The number of oxime groups is 1. The van der Waals surface area contributed by atoms with Crippen LogP contribution in [0, 0.1) is 5.92 Å². The highest BCUT2D eigenvalue weighted by atomic mass is 19.4. The minimum absolute atomic E-state index is 0.150. The van der Waals surface area contributed by atoms with Crippen molar-refractivity contribution >= 4 is 5.84 Å². The maximum atomic E-state index is 12.8. The Hall–Kier alpha value is -1.02. The highest BCUT2D eigenvalue weighted by molar-refractivity contribution is 5.83. The highest BCUT2D eigenvalue weighted by Gasteiger charge is 2.45. The lowest BCUT2D eigenvalue weighted by Gasteiger charge is -2.27. The van der Waals surface area contributed by atoms with Gasteiger partial charge in [0.05, 0.1) is 6.61 Å². The molecule has 5 nitrogen and oxygen atoms in total.